The van der Waals surface area contributed by atoms with Crippen LogP contribution in [0.15, 0.2) is 30.3 Å². The van der Waals surface area contributed by atoms with E-state index in [1.807, 2.05) is 23.1 Å². The summed E-state index contributed by atoms with van der Waals surface area (Å²) >= 11 is 0. The van der Waals surface area contributed by atoms with Gasteiger partial charge in [-0.3, -0.25) is 14.4 Å². The van der Waals surface area contributed by atoms with Gasteiger partial charge in [0.25, 0.3) is 0 Å². The van der Waals surface area contributed by atoms with Crippen molar-refractivity contribution in [1.29, 1.82) is 0 Å². The normalized spacial score (nSPS) is 21.2. The van der Waals surface area contributed by atoms with E-state index in [0.717, 1.165) is 38.5 Å². The van der Waals surface area contributed by atoms with Crippen LogP contribution in [0.1, 0.15) is 63.9 Å². The zero-order valence-corrected chi connectivity index (χ0v) is 18.0. The van der Waals surface area contributed by atoms with Gasteiger partial charge in [0.15, 0.2) is 0 Å². The Morgan fingerprint density at radius 3 is 2.60 bits per heavy atom. The number of esters is 1. The van der Waals surface area contributed by atoms with E-state index >= 15 is 0 Å². The Labute approximate surface area is 179 Å². The fourth-order valence-electron chi connectivity index (χ4n) is 4.68. The van der Waals surface area contributed by atoms with Gasteiger partial charge in [-0.05, 0) is 38.2 Å². The molecule has 1 aliphatic carbocycles. The van der Waals surface area contributed by atoms with Crippen LogP contribution in [0.2, 0.25) is 0 Å². The largest absolute Gasteiger partial charge is 0.466 e. The fourth-order valence-corrected chi connectivity index (χ4v) is 4.68. The quantitative estimate of drug-likeness (QED) is 0.663. The zero-order valence-electron chi connectivity index (χ0n) is 18.0. The minimum absolute atomic E-state index is 0.0293. The molecule has 3 rings (SSSR count). The van der Waals surface area contributed by atoms with Gasteiger partial charge in [-0.15, -0.1) is 0 Å². The first-order valence-electron chi connectivity index (χ1n) is 11.3. The SMILES string of the molecule is CCOC(=O)CC1(NC(=O)[C@@H]2CCC(=O)N(CCc3ccccc3)C2)CCCCC1. The molecule has 164 valence electrons. The number of piperidine rings is 1. The smallest absolute Gasteiger partial charge is 0.308 e. The highest BCUT2D eigenvalue weighted by molar-refractivity contribution is 5.85. The molecule has 0 unspecified atom stereocenters. The number of nitrogens with one attached hydrogen (secondary N) is 1. The highest BCUT2D eigenvalue weighted by atomic mass is 16.5. The van der Waals surface area contributed by atoms with E-state index < -0.39 is 5.54 Å². The molecule has 30 heavy (non-hydrogen) atoms. The van der Waals surface area contributed by atoms with E-state index in [2.05, 4.69) is 17.4 Å². The van der Waals surface area contributed by atoms with E-state index in [1.165, 1.54) is 5.56 Å². The third kappa shape index (κ3) is 6.07. The highest BCUT2D eigenvalue weighted by Gasteiger charge is 2.39. The molecular formula is C24H34N2O4. The molecular weight excluding hydrogens is 380 g/mol. The summed E-state index contributed by atoms with van der Waals surface area (Å²) in [5.41, 5.74) is 0.685. The van der Waals surface area contributed by atoms with Crippen molar-refractivity contribution < 1.29 is 19.1 Å². The Kier molecular flexibility index (Phi) is 7.88. The maximum Gasteiger partial charge on any atom is 0.308 e. The molecule has 1 heterocycles. The molecule has 1 N–H and O–H groups in total. The molecule has 0 radical (unpaired) electrons. The molecule has 6 nitrogen and oxygen atoms in total. The minimum Gasteiger partial charge on any atom is -0.466 e. The van der Waals surface area contributed by atoms with Gasteiger partial charge in [-0.1, -0.05) is 49.6 Å². The van der Waals surface area contributed by atoms with E-state index in [1.54, 1.807) is 6.92 Å². The predicted molar refractivity (Wildman–Crippen MR) is 115 cm³/mol. The topological polar surface area (TPSA) is 75.7 Å². The van der Waals surface area contributed by atoms with Gasteiger partial charge >= 0.3 is 5.97 Å². The van der Waals surface area contributed by atoms with Gasteiger partial charge < -0.3 is 15.0 Å². The standard InChI is InChI=1S/C24H34N2O4/c1-2-30-22(28)17-24(14-7-4-8-15-24)25-23(29)20-11-12-21(27)26(18-20)16-13-19-9-5-3-6-10-19/h3,5-6,9-10,20H,2,4,7-8,11-18H2,1H3,(H,25,29)/t20-/m1/s1. The van der Waals surface area contributed by atoms with Crippen molar-refractivity contribution in [3.05, 3.63) is 35.9 Å². The number of hydrogen-bond acceptors (Lipinski definition) is 4. The Balaban J connectivity index is 1.59. The van der Waals surface area contributed by atoms with Crippen molar-refractivity contribution in [3.63, 3.8) is 0 Å². The van der Waals surface area contributed by atoms with Gasteiger partial charge in [-0.25, -0.2) is 0 Å². The Morgan fingerprint density at radius 1 is 1.17 bits per heavy atom. The fraction of sp³-hybridized carbons (Fsp3) is 0.625. The summed E-state index contributed by atoms with van der Waals surface area (Å²) in [6.07, 6.45) is 6.75. The Bertz CT molecular complexity index is 728. The van der Waals surface area contributed by atoms with Crippen LogP contribution < -0.4 is 5.32 Å². The molecule has 2 amide bonds. The number of ether oxygens (including phenoxy) is 1. The number of likely N-dealkylation sites (tertiary alicyclic amines) is 1. The van der Waals surface area contributed by atoms with Crippen LogP contribution in [0.25, 0.3) is 0 Å². The number of nitrogens with zero attached hydrogens (tertiary/aromatic N) is 1. The van der Waals surface area contributed by atoms with Gasteiger partial charge in [0.05, 0.1) is 24.5 Å². The van der Waals surface area contributed by atoms with Crippen LogP contribution in [-0.2, 0) is 25.5 Å². The third-order valence-electron chi connectivity index (χ3n) is 6.37. The van der Waals surface area contributed by atoms with E-state index in [-0.39, 0.29) is 30.1 Å². The second kappa shape index (κ2) is 10.6. The van der Waals surface area contributed by atoms with E-state index in [9.17, 15) is 14.4 Å². The molecule has 0 aromatic heterocycles. The molecule has 1 saturated heterocycles. The number of benzene rings is 1. The Morgan fingerprint density at radius 2 is 1.90 bits per heavy atom. The lowest BCUT2D eigenvalue weighted by Crippen LogP contribution is -2.55. The molecule has 6 heteroatoms. The minimum atomic E-state index is -0.502. The number of hydrogen-bond donors (Lipinski definition) is 1. The first kappa shape index (κ1) is 22.3. The Hall–Kier alpha value is -2.37. The van der Waals surface area contributed by atoms with Gasteiger partial charge in [0, 0.05) is 19.5 Å². The summed E-state index contributed by atoms with van der Waals surface area (Å²) < 4.78 is 5.16. The van der Waals surface area contributed by atoms with Crippen molar-refractivity contribution in [2.45, 2.75) is 70.3 Å². The van der Waals surface area contributed by atoms with E-state index in [0.29, 0.717) is 32.5 Å². The average Bonchev–Trinajstić information content (AvgIpc) is 2.74. The first-order valence-corrected chi connectivity index (χ1v) is 11.3. The van der Waals surface area contributed by atoms with Crippen molar-refractivity contribution in [1.82, 2.24) is 10.2 Å². The van der Waals surface area contributed by atoms with Crippen LogP contribution in [0.3, 0.4) is 0 Å². The number of carbonyl (C=O) groups is 3. The van der Waals surface area contributed by atoms with Gasteiger partial charge in [-0.2, -0.15) is 0 Å². The lowest BCUT2D eigenvalue weighted by atomic mass is 9.78. The molecule has 2 fully saturated rings. The number of amides is 2. The molecule has 0 bridgehead atoms. The van der Waals surface area contributed by atoms with Crippen LogP contribution in [-0.4, -0.2) is 47.9 Å². The monoisotopic (exact) mass is 414 g/mol. The second-order valence-corrected chi connectivity index (χ2v) is 8.62. The average molecular weight is 415 g/mol. The lowest BCUT2D eigenvalue weighted by Gasteiger charge is -2.40. The summed E-state index contributed by atoms with van der Waals surface area (Å²) in [5, 5.41) is 3.22. The number of rotatable bonds is 8. The summed E-state index contributed by atoms with van der Waals surface area (Å²) in [6.45, 7) is 3.23. The van der Waals surface area contributed by atoms with Crippen LogP contribution >= 0.6 is 0 Å². The summed E-state index contributed by atoms with van der Waals surface area (Å²) in [4.78, 5) is 39.5. The predicted octanol–water partition coefficient (Wildman–Crippen LogP) is 3.24. The summed E-state index contributed by atoms with van der Waals surface area (Å²) in [5.74, 6) is -0.380. The summed E-state index contributed by atoms with van der Waals surface area (Å²) in [7, 11) is 0. The number of carbonyl (C=O) groups excluding carboxylic acids is 3. The zero-order chi connectivity index (χ0) is 21.4. The van der Waals surface area contributed by atoms with Crippen LogP contribution in [0.5, 0.6) is 0 Å². The molecule has 1 aromatic carbocycles. The van der Waals surface area contributed by atoms with Gasteiger partial charge in [0.2, 0.25) is 11.8 Å². The molecule has 2 aliphatic rings. The highest BCUT2D eigenvalue weighted by Crippen LogP contribution is 2.32. The van der Waals surface area contributed by atoms with Crippen molar-refractivity contribution >= 4 is 17.8 Å². The molecule has 1 saturated carbocycles. The van der Waals surface area contributed by atoms with Crippen molar-refractivity contribution in [3.8, 4) is 0 Å². The molecule has 1 aromatic rings. The molecule has 1 atom stereocenters. The van der Waals surface area contributed by atoms with Crippen molar-refractivity contribution in [2.75, 3.05) is 19.7 Å². The first-order chi connectivity index (χ1) is 14.5. The second-order valence-electron chi connectivity index (χ2n) is 8.62. The lowest BCUT2D eigenvalue weighted by molar-refractivity contribution is -0.146. The molecule has 1 aliphatic heterocycles. The van der Waals surface area contributed by atoms with Crippen molar-refractivity contribution in [2.24, 2.45) is 5.92 Å². The summed E-state index contributed by atoms with van der Waals surface area (Å²) in [6, 6.07) is 10.1. The molecule has 0 spiro atoms. The third-order valence-corrected chi connectivity index (χ3v) is 6.37. The maximum atomic E-state index is 13.1. The van der Waals surface area contributed by atoms with Crippen LogP contribution in [0, 0.1) is 5.92 Å². The van der Waals surface area contributed by atoms with Gasteiger partial charge in [0.1, 0.15) is 0 Å². The maximum absolute atomic E-state index is 13.1. The van der Waals surface area contributed by atoms with Crippen LogP contribution in [0.4, 0.5) is 0 Å². The van der Waals surface area contributed by atoms with E-state index in [4.69, 9.17) is 4.74 Å².